The van der Waals surface area contributed by atoms with E-state index in [-0.39, 0.29) is 34.9 Å². The highest BCUT2D eigenvalue weighted by Gasteiger charge is 2.73. The largest absolute Gasteiger partial charge is 0.370 e. The number of hydrogen-bond donors (Lipinski definition) is 1. The summed E-state index contributed by atoms with van der Waals surface area (Å²) in [6.07, 6.45) is 8.64. The molecular weight excluding hydrogens is 398 g/mol. The summed E-state index contributed by atoms with van der Waals surface area (Å²) in [6.45, 7) is 11.4. The molecule has 4 fully saturated rings. The van der Waals surface area contributed by atoms with Crippen molar-refractivity contribution in [2.24, 2.45) is 28.1 Å². The van der Waals surface area contributed by atoms with E-state index < -0.39 is 11.1 Å². The van der Waals surface area contributed by atoms with Gasteiger partial charge >= 0.3 is 0 Å². The van der Waals surface area contributed by atoms with E-state index in [2.05, 4.69) is 40.7 Å². The second-order valence-electron chi connectivity index (χ2n) is 12.3. The molecule has 2 saturated carbocycles. The fourth-order valence-electron chi connectivity index (χ4n) is 8.99. The van der Waals surface area contributed by atoms with Gasteiger partial charge in [0, 0.05) is 12.0 Å². The molecule has 0 radical (unpaired) electrons. The van der Waals surface area contributed by atoms with Crippen molar-refractivity contribution >= 4 is 11.6 Å². The number of ether oxygens (including phenoxy) is 1. The minimum atomic E-state index is -1.12. The van der Waals surface area contributed by atoms with E-state index in [1.807, 2.05) is 24.3 Å². The van der Waals surface area contributed by atoms with Crippen molar-refractivity contribution in [3.8, 4) is 0 Å². The number of carbonyl (C=O) groups is 1. The molecule has 1 aromatic carbocycles. The van der Waals surface area contributed by atoms with Crippen LogP contribution in [0.25, 0.3) is 0 Å². The Balaban J connectivity index is 1.41. The van der Waals surface area contributed by atoms with Gasteiger partial charge in [0.1, 0.15) is 0 Å². The maximum Gasteiger partial charge on any atom is 0.236 e. The molecule has 8 atom stereocenters. The van der Waals surface area contributed by atoms with Crippen LogP contribution in [0, 0.1) is 28.1 Å². The second kappa shape index (κ2) is 6.27. The zero-order chi connectivity index (χ0) is 22.7. The second-order valence-corrected chi connectivity index (χ2v) is 12.3. The van der Waals surface area contributed by atoms with Crippen LogP contribution in [-0.4, -0.2) is 23.2 Å². The Hall–Kier alpha value is -1.65. The van der Waals surface area contributed by atoms with E-state index in [1.165, 1.54) is 5.57 Å². The summed E-state index contributed by atoms with van der Waals surface area (Å²) >= 11 is 0. The molecule has 1 N–H and O–H groups in total. The smallest absolute Gasteiger partial charge is 0.236 e. The highest BCUT2D eigenvalue weighted by molar-refractivity contribution is 6.05. The molecule has 32 heavy (non-hydrogen) atoms. The first kappa shape index (κ1) is 20.9. The van der Waals surface area contributed by atoms with Crippen molar-refractivity contribution in [3.05, 3.63) is 41.5 Å². The Kier molecular flexibility index (Phi) is 4.10. The minimum absolute atomic E-state index is 0.0899. The molecule has 0 spiro atoms. The van der Waals surface area contributed by atoms with E-state index in [0.717, 1.165) is 43.4 Å². The van der Waals surface area contributed by atoms with Gasteiger partial charge in [0.05, 0.1) is 23.3 Å². The molecule has 3 aliphatic heterocycles. The third kappa shape index (κ3) is 2.24. The quantitative estimate of drug-likeness (QED) is 0.589. The number of aliphatic hydroxyl groups is 1. The van der Waals surface area contributed by atoms with Gasteiger partial charge in [-0.2, -0.15) is 0 Å². The number of piperidine rings is 1. The lowest BCUT2D eigenvalue weighted by atomic mass is 9.38. The summed E-state index contributed by atoms with van der Waals surface area (Å²) < 4.78 is 6.57. The summed E-state index contributed by atoms with van der Waals surface area (Å²) in [5.74, 6) is 0.808. The third-order valence-corrected chi connectivity index (χ3v) is 10.7. The molecule has 1 unspecified atom stereocenters. The van der Waals surface area contributed by atoms with Crippen LogP contribution in [0.5, 0.6) is 0 Å². The average Bonchev–Trinajstić information content (AvgIpc) is 3.04. The lowest BCUT2D eigenvalue weighted by molar-refractivity contribution is -0.209. The summed E-state index contributed by atoms with van der Waals surface area (Å²) in [7, 11) is 0. The number of nitrogens with zero attached hydrogens (tertiary/aromatic N) is 1. The fourth-order valence-corrected chi connectivity index (χ4v) is 8.99. The Morgan fingerprint density at radius 3 is 2.62 bits per heavy atom. The van der Waals surface area contributed by atoms with Gasteiger partial charge < -0.3 is 9.84 Å². The van der Waals surface area contributed by atoms with Gasteiger partial charge in [0.25, 0.3) is 0 Å². The molecule has 2 aliphatic carbocycles. The number of allylic oxidation sites excluding steroid dienone is 1. The Bertz CT molecular complexity index is 1030. The maximum atomic E-state index is 14.3. The molecule has 4 nitrogen and oxygen atoms in total. The minimum Gasteiger partial charge on any atom is -0.370 e. The summed E-state index contributed by atoms with van der Waals surface area (Å²) in [6, 6.07) is 7.91. The monoisotopic (exact) mass is 435 g/mol. The Morgan fingerprint density at radius 2 is 1.88 bits per heavy atom. The van der Waals surface area contributed by atoms with E-state index in [9.17, 15) is 9.90 Å². The van der Waals surface area contributed by atoms with E-state index in [1.54, 1.807) is 4.90 Å². The van der Waals surface area contributed by atoms with Gasteiger partial charge in [-0.05, 0) is 81.6 Å². The molecule has 2 saturated heterocycles. The molecule has 1 amide bonds. The number of carbonyl (C=O) groups excluding carboxylic acids is 1. The van der Waals surface area contributed by atoms with Crippen molar-refractivity contribution in [2.45, 2.75) is 91.1 Å². The van der Waals surface area contributed by atoms with Crippen LogP contribution in [-0.2, 0) is 15.3 Å². The molecule has 0 bridgehead atoms. The fraction of sp³-hybridized carbons (Fsp3) is 0.679. The van der Waals surface area contributed by atoms with Crippen molar-refractivity contribution in [1.29, 1.82) is 0 Å². The van der Waals surface area contributed by atoms with Crippen molar-refractivity contribution < 1.29 is 14.6 Å². The highest BCUT2D eigenvalue weighted by Crippen LogP contribution is 2.73. The van der Waals surface area contributed by atoms with E-state index >= 15 is 0 Å². The van der Waals surface area contributed by atoms with Crippen LogP contribution in [0.4, 0.5) is 5.69 Å². The van der Waals surface area contributed by atoms with Crippen LogP contribution in [0.15, 0.2) is 35.9 Å². The Morgan fingerprint density at radius 1 is 1.12 bits per heavy atom. The number of fused-ring (bicyclic) bond motifs is 9. The number of benzene rings is 1. The first-order valence-corrected chi connectivity index (χ1v) is 12.5. The molecule has 172 valence electrons. The normalized spacial score (nSPS) is 48.6. The van der Waals surface area contributed by atoms with Gasteiger partial charge in [0.2, 0.25) is 5.91 Å². The molecule has 1 aromatic rings. The number of para-hydroxylation sites is 1. The Labute approximate surface area is 192 Å². The first-order valence-electron chi connectivity index (χ1n) is 12.5. The maximum absolute atomic E-state index is 14.3. The summed E-state index contributed by atoms with van der Waals surface area (Å²) in [5.41, 5.74) is 1.57. The molecule has 6 rings (SSSR count). The van der Waals surface area contributed by atoms with E-state index in [0.29, 0.717) is 12.3 Å². The van der Waals surface area contributed by atoms with Crippen molar-refractivity contribution in [1.82, 2.24) is 0 Å². The number of amides is 1. The molecular formula is C28H37NO3. The number of hydrogen-bond acceptors (Lipinski definition) is 3. The van der Waals surface area contributed by atoms with Gasteiger partial charge in [-0.15, -0.1) is 0 Å². The van der Waals surface area contributed by atoms with Gasteiger partial charge in [-0.3, -0.25) is 9.69 Å². The number of anilines is 1. The zero-order valence-electron chi connectivity index (χ0n) is 20.1. The third-order valence-electron chi connectivity index (χ3n) is 10.7. The van der Waals surface area contributed by atoms with Crippen LogP contribution in [0.1, 0.15) is 78.7 Å². The summed E-state index contributed by atoms with van der Waals surface area (Å²) in [5, 5.41) is 11.6. The topological polar surface area (TPSA) is 49.8 Å². The van der Waals surface area contributed by atoms with Gasteiger partial charge in [-0.1, -0.05) is 43.7 Å². The zero-order valence-corrected chi connectivity index (χ0v) is 20.1. The van der Waals surface area contributed by atoms with Gasteiger partial charge in [-0.25, -0.2) is 0 Å². The van der Waals surface area contributed by atoms with E-state index in [4.69, 9.17) is 4.74 Å². The van der Waals surface area contributed by atoms with Crippen LogP contribution in [0.2, 0.25) is 0 Å². The molecule has 3 heterocycles. The molecule has 0 aromatic heterocycles. The lowest BCUT2D eigenvalue weighted by Crippen LogP contribution is -2.74. The summed E-state index contributed by atoms with van der Waals surface area (Å²) in [4.78, 5) is 16.1. The van der Waals surface area contributed by atoms with Gasteiger partial charge in [0.15, 0.2) is 5.72 Å². The first-order chi connectivity index (χ1) is 15.1. The SMILES string of the molecule is CC(C)=C[C@H]1C[C@]2(C)[C@H](CC[C@@]3(C)[C@H]2CC[C@H]2CC4(O)c5ccccc5N4C(=O)[C@@]23C)O1. The van der Waals surface area contributed by atoms with Crippen LogP contribution >= 0.6 is 0 Å². The predicted octanol–water partition coefficient (Wildman–Crippen LogP) is 5.54. The van der Waals surface area contributed by atoms with Crippen LogP contribution in [0.3, 0.4) is 0 Å². The average molecular weight is 436 g/mol. The standard InChI is InChI=1S/C28H37NO3/c1-17(2)14-19-16-25(3)22-11-10-18-15-28(31)20-8-6-7-9-21(20)29(28)24(30)27(18,5)26(22,4)13-12-23(25)32-19/h6-9,14,18-19,22-23,31H,10-13,15-16H2,1-5H3/t18-,19-,22-,23-,25-,26-,27+,28?/m0/s1. The predicted molar refractivity (Wildman–Crippen MR) is 125 cm³/mol. The van der Waals surface area contributed by atoms with Crippen molar-refractivity contribution in [2.75, 3.05) is 4.90 Å². The van der Waals surface area contributed by atoms with Crippen LogP contribution < -0.4 is 4.90 Å². The molecule has 5 aliphatic rings. The lowest BCUT2D eigenvalue weighted by Gasteiger charge is -2.69. The highest BCUT2D eigenvalue weighted by atomic mass is 16.5. The number of rotatable bonds is 1. The molecule has 4 heteroatoms. The van der Waals surface area contributed by atoms with Crippen molar-refractivity contribution in [3.63, 3.8) is 0 Å².